The predicted molar refractivity (Wildman–Crippen MR) is 111 cm³/mol. The summed E-state index contributed by atoms with van der Waals surface area (Å²) in [4.78, 5) is 23.1. The van der Waals surface area contributed by atoms with Crippen molar-refractivity contribution in [3.63, 3.8) is 0 Å². The molecule has 0 saturated heterocycles. The Kier molecular flexibility index (Phi) is 4.74. The Bertz CT molecular complexity index is 1180. The third-order valence-corrected chi connectivity index (χ3v) is 4.63. The minimum Gasteiger partial charge on any atom is -0.457 e. The number of amides is 1. The number of hydrogen-bond acceptors (Lipinski definition) is 5. The maximum absolute atomic E-state index is 12.8. The fourth-order valence-corrected chi connectivity index (χ4v) is 3.13. The molecule has 1 aromatic heterocycles. The van der Waals surface area contributed by atoms with Crippen LogP contribution in [0.2, 0.25) is 5.02 Å². The maximum atomic E-state index is 12.8. The monoisotopic (exact) mass is 407 g/mol. The van der Waals surface area contributed by atoms with Crippen LogP contribution in [0.4, 0.5) is 11.4 Å². The molecule has 2 heterocycles. The highest BCUT2D eigenvalue weighted by atomic mass is 35.5. The molecule has 0 radical (unpaired) electrons. The molecule has 1 aliphatic heterocycles. The van der Waals surface area contributed by atoms with Crippen molar-refractivity contribution in [2.75, 3.05) is 5.01 Å². The van der Waals surface area contributed by atoms with E-state index in [0.29, 0.717) is 39.1 Å². The number of hydrazone groups is 1. The van der Waals surface area contributed by atoms with Gasteiger partial charge in [-0.1, -0.05) is 17.7 Å². The lowest BCUT2D eigenvalue weighted by atomic mass is 10.1. The molecular weight excluding hydrogens is 394 g/mol. The minimum absolute atomic E-state index is 0.00661. The molecule has 3 aromatic rings. The number of anilines is 1. The summed E-state index contributed by atoms with van der Waals surface area (Å²) in [6.07, 6.45) is 1.63. The minimum atomic E-state index is -0.457. The van der Waals surface area contributed by atoms with Gasteiger partial charge in [-0.05, 0) is 55.5 Å². The maximum Gasteiger partial charge on any atom is 0.280 e. The Morgan fingerprint density at radius 2 is 1.90 bits per heavy atom. The van der Waals surface area contributed by atoms with Gasteiger partial charge in [0.25, 0.3) is 11.6 Å². The summed E-state index contributed by atoms with van der Waals surface area (Å²) >= 11 is 6.01. The molecule has 0 N–H and O–H groups in total. The zero-order valence-electron chi connectivity index (χ0n) is 15.2. The van der Waals surface area contributed by atoms with E-state index in [2.05, 4.69) is 5.10 Å². The van der Waals surface area contributed by atoms with Crippen LogP contribution in [0.5, 0.6) is 0 Å². The van der Waals surface area contributed by atoms with Crippen molar-refractivity contribution in [1.29, 1.82) is 0 Å². The molecular formula is C21H14ClN3O4. The molecule has 0 atom stereocenters. The average molecular weight is 408 g/mol. The number of rotatable bonds is 4. The second-order valence-electron chi connectivity index (χ2n) is 6.35. The van der Waals surface area contributed by atoms with Gasteiger partial charge >= 0.3 is 0 Å². The van der Waals surface area contributed by atoms with Crippen LogP contribution >= 0.6 is 11.6 Å². The average Bonchev–Trinajstić information content (AvgIpc) is 3.28. The molecule has 0 spiro atoms. The topological polar surface area (TPSA) is 89.0 Å². The quantitative estimate of drug-likeness (QED) is 0.333. The number of benzene rings is 2. The second-order valence-corrected chi connectivity index (χ2v) is 6.78. The van der Waals surface area contributed by atoms with Crippen molar-refractivity contribution < 1.29 is 14.1 Å². The highest BCUT2D eigenvalue weighted by molar-refractivity contribution is 6.33. The first kappa shape index (κ1) is 18.6. The zero-order valence-corrected chi connectivity index (χ0v) is 16.0. The lowest BCUT2D eigenvalue weighted by Crippen LogP contribution is -2.21. The van der Waals surface area contributed by atoms with Crippen LogP contribution in [-0.4, -0.2) is 16.5 Å². The standard InChI is InChI=1S/C21H14ClN3O4/c1-13-19(21(26)24(23-13)17-4-2-3-15(22)11-17)12-18-9-10-20(29-18)14-5-7-16(8-6-14)25(27)28/h2-12H,1H3/b19-12-. The first-order valence-electron chi connectivity index (χ1n) is 8.64. The molecule has 8 heteroatoms. The van der Waals surface area contributed by atoms with E-state index in [1.807, 2.05) is 0 Å². The van der Waals surface area contributed by atoms with Crippen molar-refractivity contribution in [2.24, 2.45) is 5.10 Å². The Hall–Kier alpha value is -3.71. The number of nitro benzene ring substituents is 1. The number of carbonyl (C=O) groups is 1. The van der Waals surface area contributed by atoms with Crippen LogP contribution in [0.15, 0.2) is 75.8 Å². The van der Waals surface area contributed by atoms with Gasteiger partial charge in [0.1, 0.15) is 11.5 Å². The van der Waals surface area contributed by atoms with Crippen LogP contribution in [0, 0.1) is 10.1 Å². The fraction of sp³-hybridized carbons (Fsp3) is 0.0476. The van der Waals surface area contributed by atoms with E-state index in [-0.39, 0.29) is 11.6 Å². The molecule has 0 fully saturated rings. The third kappa shape index (κ3) is 3.68. The Balaban J connectivity index is 1.59. The smallest absolute Gasteiger partial charge is 0.280 e. The summed E-state index contributed by atoms with van der Waals surface area (Å²) in [5.41, 5.74) is 2.25. The number of hydrogen-bond donors (Lipinski definition) is 0. The van der Waals surface area contributed by atoms with E-state index >= 15 is 0 Å². The molecule has 0 bridgehead atoms. The van der Waals surface area contributed by atoms with Gasteiger partial charge in [-0.25, -0.2) is 0 Å². The molecule has 29 heavy (non-hydrogen) atoms. The molecule has 7 nitrogen and oxygen atoms in total. The van der Waals surface area contributed by atoms with Crippen LogP contribution < -0.4 is 5.01 Å². The Morgan fingerprint density at radius 3 is 2.59 bits per heavy atom. The molecule has 1 amide bonds. The second kappa shape index (κ2) is 7.37. The van der Waals surface area contributed by atoms with Crippen molar-refractivity contribution in [3.8, 4) is 11.3 Å². The number of nitrogens with zero attached hydrogens (tertiary/aromatic N) is 3. The molecule has 0 saturated carbocycles. The number of non-ortho nitro benzene ring substituents is 1. The Labute approximate surface area is 170 Å². The summed E-state index contributed by atoms with van der Waals surface area (Å²) in [6, 6.07) is 16.4. The Morgan fingerprint density at radius 1 is 1.14 bits per heavy atom. The first-order chi connectivity index (χ1) is 13.9. The predicted octanol–water partition coefficient (Wildman–Crippen LogP) is 5.31. The van der Waals surface area contributed by atoms with Gasteiger partial charge in [0.15, 0.2) is 0 Å². The van der Waals surface area contributed by atoms with Gasteiger partial charge in [-0.3, -0.25) is 14.9 Å². The highest BCUT2D eigenvalue weighted by Crippen LogP contribution is 2.29. The molecule has 1 aliphatic rings. The van der Waals surface area contributed by atoms with Crippen molar-refractivity contribution in [2.45, 2.75) is 6.92 Å². The molecule has 4 rings (SSSR count). The highest BCUT2D eigenvalue weighted by Gasteiger charge is 2.29. The van der Waals surface area contributed by atoms with Crippen molar-refractivity contribution in [1.82, 2.24) is 0 Å². The van der Waals surface area contributed by atoms with Crippen LogP contribution in [-0.2, 0) is 4.79 Å². The van der Waals surface area contributed by atoms with Crippen LogP contribution in [0.25, 0.3) is 17.4 Å². The number of carbonyl (C=O) groups excluding carboxylic acids is 1. The molecule has 2 aromatic carbocycles. The van der Waals surface area contributed by atoms with Crippen molar-refractivity contribution in [3.05, 3.63) is 87.1 Å². The summed E-state index contributed by atoms with van der Waals surface area (Å²) in [5.74, 6) is 0.737. The summed E-state index contributed by atoms with van der Waals surface area (Å²) < 4.78 is 5.80. The van der Waals surface area contributed by atoms with Crippen molar-refractivity contribution >= 4 is 40.7 Å². The SMILES string of the molecule is CC1=NN(c2cccc(Cl)c2)C(=O)/C1=C\c1ccc(-c2ccc([N+](=O)[O-])cc2)o1. The van der Waals surface area contributed by atoms with E-state index < -0.39 is 4.92 Å². The van der Waals surface area contributed by atoms with E-state index in [9.17, 15) is 14.9 Å². The van der Waals surface area contributed by atoms with Gasteiger partial charge in [-0.2, -0.15) is 10.1 Å². The fourth-order valence-electron chi connectivity index (χ4n) is 2.94. The number of halogens is 1. The first-order valence-corrected chi connectivity index (χ1v) is 9.02. The summed E-state index contributed by atoms with van der Waals surface area (Å²) in [6.45, 7) is 1.74. The summed E-state index contributed by atoms with van der Waals surface area (Å²) in [5, 5.41) is 16.9. The largest absolute Gasteiger partial charge is 0.457 e. The molecule has 144 valence electrons. The van der Waals surface area contributed by atoms with Gasteiger partial charge in [0.05, 0.1) is 21.9 Å². The van der Waals surface area contributed by atoms with E-state index in [4.69, 9.17) is 16.0 Å². The van der Waals surface area contributed by atoms with Crippen LogP contribution in [0.3, 0.4) is 0 Å². The van der Waals surface area contributed by atoms with Gasteiger partial charge in [0.2, 0.25) is 0 Å². The van der Waals surface area contributed by atoms with E-state index in [0.717, 1.165) is 0 Å². The number of nitro groups is 1. The van der Waals surface area contributed by atoms with Gasteiger partial charge in [-0.15, -0.1) is 0 Å². The van der Waals surface area contributed by atoms with Gasteiger partial charge in [0, 0.05) is 22.7 Å². The number of furan rings is 1. The lowest BCUT2D eigenvalue weighted by Gasteiger charge is -2.11. The molecule has 0 unspecified atom stereocenters. The normalized spacial score (nSPS) is 15.1. The van der Waals surface area contributed by atoms with Gasteiger partial charge < -0.3 is 4.42 Å². The summed E-state index contributed by atoms with van der Waals surface area (Å²) in [7, 11) is 0. The third-order valence-electron chi connectivity index (χ3n) is 4.39. The van der Waals surface area contributed by atoms with E-state index in [1.165, 1.54) is 17.1 Å². The molecule has 0 aliphatic carbocycles. The zero-order chi connectivity index (χ0) is 20.5. The van der Waals surface area contributed by atoms with Crippen LogP contribution in [0.1, 0.15) is 12.7 Å². The lowest BCUT2D eigenvalue weighted by molar-refractivity contribution is -0.384. The van der Waals surface area contributed by atoms with E-state index in [1.54, 1.807) is 61.5 Å².